The van der Waals surface area contributed by atoms with Crippen molar-refractivity contribution in [2.75, 3.05) is 5.32 Å². The molecule has 1 aliphatic carbocycles. The van der Waals surface area contributed by atoms with E-state index in [0.717, 1.165) is 29.9 Å². The van der Waals surface area contributed by atoms with Gasteiger partial charge in [-0.3, -0.25) is 0 Å². The van der Waals surface area contributed by atoms with Gasteiger partial charge in [-0.05, 0) is 60.2 Å². The van der Waals surface area contributed by atoms with Gasteiger partial charge in [0.2, 0.25) is 0 Å². The average molecular weight is 451 g/mol. The van der Waals surface area contributed by atoms with Gasteiger partial charge < -0.3 is 15.0 Å². The predicted octanol–water partition coefficient (Wildman–Crippen LogP) is 6.58. The lowest BCUT2D eigenvalue weighted by Gasteiger charge is -2.17. The van der Waals surface area contributed by atoms with E-state index < -0.39 is 17.7 Å². The van der Waals surface area contributed by atoms with Gasteiger partial charge in [0.15, 0.2) is 0 Å². The first-order valence-electron chi connectivity index (χ1n) is 10.5. The number of aromatic carboxylic acids is 1. The van der Waals surface area contributed by atoms with Crippen LogP contribution < -0.4 is 5.32 Å². The van der Waals surface area contributed by atoms with Gasteiger partial charge >= 0.3 is 12.1 Å². The average Bonchev–Trinajstić information content (AvgIpc) is 3.56. The predicted molar refractivity (Wildman–Crippen MR) is 120 cm³/mol. The van der Waals surface area contributed by atoms with Crippen molar-refractivity contribution in [2.45, 2.75) is 24.9 Å². The van der Waals surface area contributed by atoms with E-state index in [4.69, 9.17) is 0 Å². The zero-order chi connectivity index (χ0) is 23.3. The summed E-state index contributed by atoms with van der Waals surface area (Å²) in [7, 11) is 1.77. The molecule has 1 aliphatic rings. The van der Waals surface area contributed by atoms with Crippen LogP contribution in [0.15, 0.2) is 60.9 Å². The van der Waals surface area contributed by atoms with Crippen LogP contribution in [0.25, 0.3) is 22.0 Å². The summed E-state index contributed by atoms with van der Waals surface area (Å²) in [4.78, 5) is 16.2. The highest BCUT2D eigenvalue weighted by Gasteiger charge is 2.34. The van der Waals surface area contributed by atoms with Crippen LogP contribution >= 0.6 is 0 Å². The summed E-state index contributed by atoms with van der Waals surface area (Å²) in [5, 5.41) is 13.4. The number of fused-ring (bicyclic) bond motifs is 1. The number of pyridine rings is 1. The SMILES string of the molecule is Cn1ccc2cc(Nc3ncc(C4CC4)cc3C(=O)O)cc(-c3ccccc3C(F)(F)F)c21. The minimum absolute atomic E-state index is 0.0322. The third-order valence-corrected chi connectivity index (χ3v) is 5.94. The van der Waals surface area contributed by atoms with Crippen LogP contribution in [-0.4, -0.2) is 20.6 Å². The molecule has 1 fully saturated rings. The van der Waals surface area contributed by atoms with Gasteiger partial charge in [-0.15, -0.1) is 0 Å². The Bertz CT molecular complexity index is 1390. The highest BCUT2D eigenvalue weighted by atomic mass is 19.4. The highest BCUT2D eigenvalue weighted by molar-refractivity contribution is 6.00. The molecule has 0 radical (unpaired) electrons. The molecule has 2 aromatic heterocycles. The lowest BCUT2D eigenvalue weighted by Crippen LogP contribution is -2.08. The molecule has 2 heterocycles. The second-order valence-electron chi connectivity index (χ2n) is 8.30. The number of rotatable bonds is 5. The van der Waals surface area contributed by atoms with E-state index in [9.17, 15) is 23.1 Å². The maximum atomic E-state index is 13.8. The molecule has 5 nitrogen and oxygen atoms in total. The number of aryl methyl sites for hydroxylation is 1. The zero-order valence-electron chi connectivity index (χ0n) is 17.6. The molecule has 0 atom stereocenters. The Morgan fingerprint density at radius 2 is 1.88 bits per heavy atom. The van der Waals surface area contributed by atoms with Crippen LogP contribution in [0.2, 0.25) is 0 Å². The summed E-state index contributed by atoms with van der Waals surface area (Å²) in [6.45, 7) is 0. The number of anilines is 2. The van der Waals surface area contributed by atoms with Crippen LogP contribution in [0.1, 0.15) is 40.2 Å². The quantitative estimate of drug-likeness (QED) is 0.360. The number of nitrogens with zero attached hydrogens (tertiary/aromatic N) is 2. The Labute approximate surface area is 187 Å². The summed E-state index contributed by atoms with van der Waals surface area (Å²) < 4.78 is 43.1. The Hall–Kier alpha value is -3.81. The van der Waals surface area contributed by atoms with Crippen LogP contribution in [0.5, 0.6) is 0 Å². The first-order chi connectivity index (χ1) is 15.7. The number of carboxylic acid groups (broad SMARTS) is 1. The number of hydrogen-bond acceptors (Lipinski definition) is 3. The molecule has 5 rings (SSSR count). The minimum Gasteiger partial charge on any atom is -0.478 e. The third kappa shape index (κ3) is 3.92. The molecule has 2 aromatic carbocycles. The molecule has 8 heteroatoms. The van der Waals surface area contributed by atoms with Gasteiger partial charge in [0.1, 0.15) is 11.4 Å². The summed E-state index contributed by atoms with van der Waals surface area (Å²) in [6.07, 6.45) is 0.946. The maximum Gasteiger partial charge on any atom is 0.417 e. The van der Waals surface area contributed by atoms with Crippen LogP contribution in [0.3, 0.4) is 0 Å². The third-order valence-electron chi connectivity index (χ3n) is 5.94. The van der Waals surface area contributed by atoms with Crippen molar-refractivity contribution in [1.29, 1.82) is 0 Å². The molecule has 0 amide bonds. The second-order valence-corrected chi connectivity index (χ2v) is 8.30. The van der Waals surface area contributed by atoms with Gasteiger partial charge in [-0.25, -0.2) is 9.78 Å². The molecule has 0 bridgehead atoms. The van der Waals surface area contributed by atoms with Crippen molar-refractivity contribution in [3.63, 3.8) is 0 Å². The van der Waals surface area contributed by atoms with E-state index in [1.165, 1.54) is 12.1 Å². The minimum atomic E-state index is -4.52. The maximum absolute atomic E-state index is 13.8. The molecule has 0 aliphatic heterocycles. The van der Waals surface area contributed by atoms with Gasteiger partial charge in [0, 0.05) is 36.1 Å². The molecule has 4 aromatic rings. The van der Waals surface area contributed by atoms with E-state index in [0.29, 0.717) is 22.7 Å². The van der Waals surface area contributed by atoms with E-state index >= 15 is 0 Å². The van der Waals surface area contributed by atoms with Crippen LogP contribution in [0, 0.1) is 0 Å². The first-order valence-corrected chi connectivity index (χ1v) is 10.5. The zero-order valence-corrected chi connectivity index (χ0v) is 17.6. The van der Waals surface area contributed by atoms with Gasteiger partial charge in [-0.2, -0.15) is 13.2 Å². The van der Waals surface area contributed by atoms with Crippen LogP contribution in [0.4, 0.5) is 24.7 Å². The number of alkyl halides is 3. The Morgan fingerprint density at radius 1 is 1.12 bits per heavy atom. The van der Waals surface area contributed by atoms with E-state index in [1.807, 2.05) is 6.07 Å². The number of hydrogen-bond donors (Lipinski definition) is 2. The summed E-state index contributed by atoms with van der Waals surface area (Å²) >= 11 is 0. The highest BCUT2D eigenvalue weighted by Crippen LogP contribution is 2.42. The largest absolute Gasteiger partial charge is 0.478 e. The summed E-state index contributed by atoms with van der Waals surface area (Å²) in [5.41, 5.74) is 1.73. The fourth-order valence-electron chi connectivity index (χ4n) is 4.21. The van der Waals surface area contributed by atoms with Crippen molar-refractivity contribution >= 4 is 28.4 Å². The molecule has 168 valence electrons. The van der Waals surface area contributed by atoms with E-state index in [2.05, 4.69) is 10.3 Å². The lowest BCUT2D eigenvalue weighted by atomic mass is 9.96. The number of benzene rings is 2. The van der Waals surface area contributed by atoms with Crippen molar-refractivity contribution in [1.82, 2.24) is 9.55 Å². The topological polar surface area (TPSA) is 67.2 Å². The first kappa shape index (κ1) is 21.1. The molecule has 33 heavy (non-hydrogen) atoms. The van der Waals surface area contributed by atoms with Crippen molar-refractivity contribution in [2.24, 2.45) is 7.05 Å². The van der Waals surface area contributed by atoms with Gasteiger partial charge in [0.05, 0.1) is 11.1 Å². The van der Waals surface area contributed by atoms with E-state index in [-0.39, 0.29) is 16.9 Å². The number of aromatic nitrogens is 2. The molecule has 0 unspecified atom stereocenters. The van der Waals surface area contributed by atoms with Gasteiger partial charge in [0.25, 0.3) is 0 Å². The number of halogens is 3. The summed E-state index contributed by atoms with van der Waals surface area (Å²) in [5.74, 6) is -0.621. The molecule has 2 N–H and O–H groups in total. The second kappa shape index (κ2) is 7.65. The lowest BCUT2D eigenvalue weighted by molar-refractivity contribution is -0.137. The Kier molecular flexibility index (Phi) is 4.88. The molecular formula is C25H20F3N3O2. The molecule has 0 saturated heterocycles. The van der Waals surface area contributed by atoms with Crippen molar-refractivity contribution < 1.29 is 23.1 Å². The Morgan fingerprint density at radius 3 is 2.58 bits per heavy atom. The van der Waals surface area contributed by atoms with Crippen molar-refractivity contribution in [3.8, 4) is 11.1 Å². The van der Waals surface area contributed by atoms with Crippen LogP contribution in [-0.2, 0) is 13.2 Å². The molecular weight excluding hydrogens is 431 g/mol. The number of carboxylic acids is 1. The smallest absolute Gasteiger partial charge is 0.417 e. The van der Waals surface area contributed by atoms with E-state index in [1.54, 1.807) is 48.3 Å². The van der Waals surface area contributed by atoms with Crippen molar-refractivity contribution in [3.05, 3.63) is 77.6 Å². The Balaban J connectivity index is 1.65. The molecule has 1 saturated carbocycles. The van der Waals surface area contributed by atoms with Gasteiger partial charge in [-0.1, -0.05) is 18.2 Å². The monoisotopic (exact) mass is 451 g/mol. The number of nitrogens with one attached hydrogen (secondary N) is 1. The standard InChI is InChI=1S/C25H20F3N3O2/c1-31-9-8-15-10-17(30-23-20(24(32)33)11-16(13-29-23)14-6-7-14)12-19(22(15)31)18-4-2-3-5-21(18)25(26,27)28/h2-5,8-14H,6-7H2,1H3,(H,29,30)(H,32,33). The molecule has 0 spiro atoms. The normalized spacial score (nSPS) is 13.9. The fourth-order valence-corrected chi connectivity index (χ4v) is 4.21. The number of carbonyl (C=O) groups is 1. The summed E-state index contributed by atoms with van der Waals surface area (Å²) in [6, 6.07) is 12.2. The fraction of sp³-hybridized carbons (Fsp3) is 0.200.